The Kier molecular flexibility index (Phi) is 7.54. The van der Waals surface area contributed by atoms with Crippen LogP contribution < -0.4 is 16.0 Å². The first-order valence-corrected chi connectivity index (χ1v) is 7.55. The Bertz CT molecular complexity index is 314. The Morgan fingerprint density at radius 3 is 2.70 bits per heavy atom. The highest BCUT2D eigenvalue weighted by Gasteiger charge is 2.22. The summed E-state index contributed by atoms with van der Waals surface area (Å²) in [7, 11) is 0. The van der Waals surface area contributed by atoms with E-state index in [1.807, 2.05) is 20.8 Å². The van der Waals surface area contributed by atoms with E-state index in [1.54, 1.807) is 0 Å². The third kappa shape index (κ3) is 6.34. The topological polar surface area (TPSA) is 73.5 Å². The van der Waals surface area contributed by atoms with Crippen LogP contribution in [0.2, 0.25) is 0 Å². The van der Waals surface area contributed by atoms with E-state index in [4.69, 9.17) is 0 Å². The molecule has 0 aromatic heterocycles. The van der Waals surface area contributed by atoms with Crippen LogP contribution in [0.4, 0.5) is 4.79 Å². The average molecular weight is 284 g/mol. The van der Waals surface area contributed by atoms with E-state index in [2.05, 4.69) is 20.9 Å². The Morgan fingerprint density at radius 1 is 1.40 bits per heavy atom. The van der Waals surface area contributed by atoms with Crippen LogP contribution in [-0.2, 0) is 4.79 Å². The number of rotatable bonds is 6. The van der Waals surface area contributed by atoms with Gasteiger partial charge in [0.25, 0.3) is 0 Å². The fourth-order valence-electron chi connectivity index (χ4n) is 2.34. The van der Waals surface area contributed by atoms with E-state index in [1.165, 1.54) is 0 Å². The second-order valence-corrected chi connectivity index (χ2v) is 5.72. The molecule has 1 aliphatic rings. The zero-order valence-corrected chi connectivity index (χ0v) is 12.9. The van der Waals surface area contributed by atoms with Gasteiger partial charge in [0.05, 0.1) is 6.54 Å². The van der Waals surface area contributed by atoms with Crippen LogP contribution in [0.5, 0.6) is 0 Å². The predicted octanol–water partition coefficient (Wildman–Crippen LogP) is 0.542. The molecule has 0 spiro atoms. The van der Waals surface area contributed by atoms with Gasteiger partial charge >= 0.3 is 6.03 Å². The van der Waals surface area contributed by atoms with E-state index >= 15 is 0 Å². The maximum absolute atomic E-state index is 11.9. The van der Waals surface area contributed by atoms with Gasteiger partial charge in [0.2, 0.25) is 5.91 Å². The molecule has 20 heavy (non-hydrogen) atoms. The molecule has 1 aliphatic heterocycles. The summed E-state index contributed by atoms with van der Waals surface area (Å²) in [5.74, 6) is 0.134. The van der Waals surface area contributed by atoms with Crippen LogP contribution in [0.25, 0.3) is 0 Å². The first-order valence-electron chi connectivity index (χ1n) is 7.55. The van der Waals surface area contributed by atoms with Crippen molar-refractivity contribution in [2.75, 3.05) is 32.7 Å². The van der Waals surface area contributed by atoms with Crippen molar-refractivity contribution in [1.29, 1.82) is 0 Å². The van der Waals surface area contributed by atoms with Crippen LogP contribution in [0.15, 0.2) is 0 Å². The van der Waals surface area contributed by atoms with Gasteiger partial charge in [-0.15, -0.1) is 0 Å². The van der Waals surface area contributed by atoms with E-state index in [9.17, 15) is 9.59 Å². The van der Waals surface area contributed by atoms with E-state index in [0.717, 1.165) is 32.5 Å². The number of nitrogens with zero attached hydrogens (tertiary/aromatic N) is 1. The highest BCUT2D eigenvalue weighted by atomic mass is 16.2. The third-order valence-electron chi connectivity index (χ3n) is 3.46. The highest BCUT2D eigenvalue weighted by Crippen LogP contribution is 2.09. The minimum Gasteiger partial charge on any atom is -0.338 e. The van der Waals surface area contributed by atoms with Crippen molar-refractivity contribution in [3.63, 3.8) is 0 Å². The van der Waals surface area contributed by atoms with Crippen LogP contribution in [0, 0.1) is 5.92 Å². The molecule has 1 rings (SSSR count). The maximum Gasteiger partial charge on any atom is 0.321 e. The number of likely N-dealkylation sites (N-methyl/N-ethyl adjacent to an activating group) is 1. The summed E-state index contributed by atoms with van der Waals surface area (Å²) in [6.45, 7) is 9.70. The second-order valence-electron chi connectivity index (χ2n) is 5.72. The minimum atomic E-state index is -0.401. The molecule has 1 fully saturated rings. The zero-order chi connectivity index (χ0) is 15.0. The number of carbonyl (C=O) groups excluding carboxylic acids is 2. The smallest absolute Gasteiger partial charge is 0.321 e. The fourth-order valence-corrected chi connectivity index (χ4v) is 2.34. The van der Waals surface area contributed by atoms with Gasteiger partial charge in [0, 0.05) is 19.1 Å². The number of hydrogen-bond donors (Lipinski definition) is 3. The average Bonchev–Trinajstić information content (AvgIpc) is 2.43. The number of imide groups is 1. The van der Waals surface area contributed by atoms with Gasteiger partial charge < -0.3 is 10.6 Å². The molecular formula is C14H28N4O2. The van der Waals surface area contributed by atoms with Crippen molar-refractivity contribution in [2.24, 2.45) is 5.92 Å². The monoisotopic (exact) mass is 284 g/mol. The summed E-state index contributed by atoms with van der Waals surface area (Å²) < 4.78 is 0. The minimum absolute atomic E-state index is 0.237. The van der Waals surface area contributed by atoms with Crippen molar-refractivity contribution >= 4 is 11.9 Å². The lowest BCUT2D eigenvalue weighted by Crippen LogP contribution is -2.51. The first-order chi connectivity index (χ1) is 9.52. The lowest BCUT2D eigenvalue weighted by molar-refractivity contribution is -0.121. The van der Waals surface area contributed by atoms with Gasteiger partial charge in [-0.25, -0.2) is 4.79 Å². The molecule has 6 heteroatoms. The van der Waals surface area contributed by atoms with Gasteiger partial charge in [-0.05, 0) is 31.8 Å². The first kappa shape index (κ1) is 16.9. The zero-order valence-electron chi connectivity index (χ0n) is 12.9. The summed E-state index contributed by atoms with van der Waals surface area (Å²) >= 11 is 0. The molecule has 0 saturated carbocycles. The fraction of sp³-hybridized carbons (Fsp3) is 0.857. The standard InChI is InChI=1S/C14H28N4O2/c1-4-18(12-6-5-7-15-9-12)10-13(19)17-14(20)16-8-11(2)3/h11-12,15H,4-10H2,1-3H3,(H2,16,17,19,20). The number of urea groups is 1. The van der Waals surface area contributed by atoms with Gasteiger partial charge in [-0.3, -0.25) is 15.0 Å². The Hall–Kier alpha value is -1.14. The molecule has 0 aromatic rings. The van der Waals surface area contributed by atoms with Crippen LogP contribution >= 0.6 is 0 Å². The summed E-state index contributed by atoms with van der Waals surface area (Å²) in [5, 5.41) is 8.41. The van der Waals surface area contributed by atoms with Gasteiger partial charge in [0.15, 0.2) is 0 Å². The Balaban J connectivity index is 2.33. The van der Waals surface area contributed by atoms with Crippen LogP contribution in [0.1, 0.15) is 33.6 Å². The second kappa shape index (κ2) is 8.92. The van der Waals surface area contributed by atoms with Gasteiger partial charge in [0.1, 0.15) is 0 Å². The van der Waals surface area contributed by atoms with Crippen molar-refractivity contribution < 1.29 is 9.59 Å². The summed E-state index contributed by atoms with van der Waals surface area (Å²) in [5.41, 5.74) is 0. The lowest BCUT2D eigenvalue weighted by atomic mass is 10.1. The molecule has 3 N–H and O–H groups in total. The SMILES string of the molecule is CCN(CC(=O)NC(=O)NCC(C)C)C1CCCNC1. The molecule has 1 saturated heterocycles. The molecule has 1 unspecified atom stereocenters. The molecule has 0 bridgehead atoms. The van der Waals surface area contributed by atoms with Gasteiger partial charge in [-0.1, -0.05) is 20.8 Å². The number of amides is 3. The Morgan fingerprint density at radius 2 is 2.15 bits per heavy atom. The Labute approximate surface area is 121 Å². The summed E-state index contributed by atoms with van der Waals surface area (Å²) in [4.78, 5) is 25.5. The molecule has 1 atom stereocenters. The normalized spacial score (nSPS) is 19.1. The molecular weight excluding hydrogens is 256 g/mol. The van der Waals surface area contributed by atoms with E-state index < -0.39 is 6.03 Å². The molecule has 6 nitrogen and oxygen atoms in total. The molecule has 0 aliphatic carbocycles. The quantitative estimate of drug-likeness (QED) is 0.666. The summed E-state index contributed by atoms with van der Waals surface area (Å²) in [6.07, 6.45) is 2.24. The number of piperidine rings is 1. The summed E-state index contributed by atoms with van der Waals surface area (Å²) in [6, 6.07) is -0.0141. The molecule has 0 aromatic carbocycles. The molecule has 3 amide bonds. The molecule has 0 radical (unpaired) electrons. The van der Waals surface area contributed by atoms with Crippen LogP contribution in [0.3, 0.4) is 0 Å². The van der Waals surface area contributed by atoms with Crippen LogP contribution in [-0.4, -0.2) is 55.6 Å². The largest absolute Gasteiger partial charge is 0.338 e. The van der Waals surface area contributed by atoms with Crippen molar-refractivity contribution in [2.45, 2.75) is 39.7 Å². The molecule has 116 valence electrons. The van der Waals surface area contributed by atoms with Crippen molar-refractivity contribution in [3.05, 3.63) is 0 Å². The van der Waals surface area contributed by atoms with E-state index in [-0.39, 0.29) is 12.5 Å². The number of nitrogens with one attached hydrogen (secondary N) is 3. The number of hydrogen-bond acceptors (Lipinski definition) is 4. The maximum atomic E-state index is 11.9. The highest BCUT2D eigenvalue weighted by molar-refractivity contribution is 5.95. The number of carbonyl (C=O) groups is 2. The van der Waals surface area contributed by atoms with Crippen molar-refractivity contribution in [3.8, 4) is 0 Å². The van der Waals surface area contributed by atoms with Crippen molar-refractivity contribution in [1.82, 2.24) is 20.9 Å². The van der Waals surface area contributed by atoms with Gasteiger partial charge in [-0.2, -0.15) is 0 Å². The third-order valence-corrected chi connectivity index (χ3v) is 3.46. The molecule has 1 heterocycles. The lowest BCUT2D eigenvalue weighted by Gasteiger charge is -2.33. The van der Waals surface area contributed by atoms with E-state index in [0.29, 0.717) is 18.5 Å². The predicted molar refractivity (Wildman–Crippen MR) is 79.5 cm³/mol.